The number of fused-ring (bicyclic) bond motifs is 1. The molecule has 0 radical (unpaired) electrons. The molecule has 0 bridgehead atoms. The van der Waals surface area contributed by atoms with E-state index in [1.807, 2.05) is 0 Å². The van der Waals surface area contributed by atoms with Crippen LogP contribution in [0, 0.1) is 5.82 Å². The van der Waals surface area contributed by atoms with Crippen LogP contribution in [0.25, 0.3) is 0 Å². The van der Waals surface area contributed by atoms with Gasteiger partial charge in [0.05, 0.1) is 17.1 Å². The van der Waals surface area contributed by atoms with Gasteiger partial charge in [-0.2, -0.15) is 5.06 Å². The predicted octanol–water partition coefficient (Wildman–Crippen LogP) is 4.85. The van der Waals surface area contributed by atoms with Crippen LogP contribution in [0.5, 0.6) is 0 Å². The molecule has 1 aliphatic rings. The molecule has 3 aromatic rings. The summed E-state index contributed by atoms with van der Waals surface area (Å²) in [5.74, 6) is -0.742. The number of aliphatic imine (C=N–C) groups is 2. The first-order valence-electron chi connectivity index (χ1n) is 9.26. The van der Waals surface area contributed by atoms with Gasteiger partial charge in [0.15, 0.2) is 5.84 Å². The van der Waals surface area contributed by atoms with Crippen LogP contribution in [0.1, 0.15) is 11.1 Å². The van der Waals surface area contributed by atoms with Gasteiger partial charge < -0.3 is 15.7 Å². The molecule has 1 amide bonds. The summed E-state index contributed by atoms with van der Waals surface area (Å²) in [5, 5.41) is 12.6. The molecule has 162 valence electrons. The van der Waals surface area contributed by atoms with Gasteiger partial charge in [0.1, 0.15) is 5.82 Å². The Morgan fingerprint density at radius 1 is 1.03 bits per heavy atom. The molecular weight excluding hydrogens is 458 g/mol. The van der Waals surface area contributed by atoms with Crippen LogP contribution < -0.4 is 10.8 Å². The zero-order valence-electron chi connectivity index (χ0n) is 16.2. The number of halogens is 3. The number of carbonyl (C=O) groups excluding carboxylic acids is 1. The number of amides is 1. The lowest BCUT2D eigenvalue weighted by atomic mass is 10.0. The van der Waals surface area contributed by atoms with Crippen molar-refractivity contribution >= 4 is 52.2 Å². The van der Waals surface area contributed by atoms with Gasteiger partial charge in [-0.05, 0) is 48.5 Å². The number of hydrogen-bond acceptors (Lipinski definition) is 6. The monoisotopic (exact) mass is 472 g/mol. The van der Waals surface area contributed by atoms with Crippen molar-refractivity contribution in [1.82, 2.24) is 0 Å². The van der Waals surface area contributed by atoms with Gasteiger partial charge in [0.25, 0.3) is 0 Å². The second kappa shape index (κ2) is 8.96. The summed E-state index contributed by atoms with van der Waals surface area (Å²) >= 11 is 12.2. The second-order valence-electron chi connectivity index (χ2n) is 6.65. The topological polar surface area (TPSA) is 101 Å². The summed E-state index contributed by atoms with van der Waals surface area (Å²) in [6, 6.07) is 17.0. The number of hydrogen-bond donors (Lipinski definition) is 2. The number of hydroxylamine groups is 1. The van der Waals surface area contributed by atoms with E-state index in [1.165, 1.54) is 24.3 Å². The minimum Gasteiger partial charge on any atom is -0.365 e. The molecule has 0 saturated carbocycles. The number of nitrogens with zero attached hydrogens (tertiary/aromatic N) is 3. The van der Waals surface area contributed by atoms with Crippen LogP contribution in [-0.4, -0.2) is 29.0 Å². The minimum absolute atomic E-state index is 0.122. The molecule has 0 aliphatic carbocycles. The van der Waals surface area contributed by atoms with Crippen molar-refractivity contribution in [2.75, 3.05) is 5.06 Å². The van der Waals surface area contributed by atoms with Crippen LogP contribution in [0.2, 0.25) is 10.0 Å². The van der Waals surface area contributed by atoms with Crippen LogP contribution in [0.3, 0.4) is 0 Å². The van der Waals surface area contributed by atoms with Gasteiger partial charge in [0.2, 0.25) is 6.23 Å². The first-order chi connectivity index (χ1) is 15.3. The van der Waals surface area contributed by atoms with Crippen molar-refractivity contribution in [2.24, 2.45) is 15.7 Å². The van der Waals surface area contributed by atoms with E-state index in [-0.39, 0.29) is 22.8 Å². The van der Waals surface area contributed by atoms with Crippen LogP contribution in [0.4, 0.5) is 20.6 Å². The fourth-order valence-corrected chi connectivity index (χ4v) is 3.53. The van der Waals surface area contributed by atoms with Crippen molar-refractivity contribution in [3.63, 3.8) is 0 Å². The number of nitrogens with two attached hydrogens (primary N) is 1. The van der Waals surface area contributed by atoms with Gasteiger partial charge in [-0.3, -0.25) is 0 Å². The molecule has 1 heterocycles. The summed E-state index contributed by atoms with van der Waals surface area (Å²) in [4.78, 5) is 25.5. The predicted molar refractivity (Wildman–Crippen MR) is 121 cm³/mol. The summed E-state index contributed by atoms with van der Waals surface area (Å²) in [6.07, 6.45) is -2.81. The molecule has 7 nitrogen and oxygen atoms in total. The fraction of sp³-hybridized carbons (Fsp3) is 0.0455. The SMILES string of the molecule is NC(=O)ON(C1=Nc2ccc(Cl)cc2C(c2ccccc2F)=NC1O)c1cccc(Cl)c1. The molecular formula is C22H15Cl2FN4O3. The molecule has 0 fully saturated rings. The lowest BCUT2D eigenvalue weighted by Crippen LogP contribution is -2.41. The van der Waals surface area contributed by atoms with E-state index in [2.05, 4.69) is 9.98 Å². The highest BCUT2D eigenvalue weighted by atomic mass is 35.5. The van der Waals surface area contributed by atoms with E-state index in [0.717, 1.165) is 5.06 Å². The number of anilines is 1. The number of benzene rings is 3. The fourth-order valence-electron chi connectivity index (χ4n) is 3.17. The highest BCUT2D eigenvalue weighted by Crippen LogP contribution is 2.32. The summed E-state index contributed by atoms with van der Waals surface area (Å²) in [6.45, 7) is 0. The van der Waals surface area contributed by atoms with E-state index < -0.39 is 18.1 Å². The van der Waals surface area contributed by atoms with Crippen molar-refractivity contribution in [2.45, 2.75) is 6.23 Å². The normalized spacial score (nSPS) is 15.2. The van der Waals surface area contributed by atoms with Crippen molar-refractivity contribution < 1.29 is 19.1 Å². The van der Waals surface area contributed by atoms with Crippen molar-refractivity contribution in [1.29, 1.82) is 0 Å². The van der Waals surface area contributed by atoms with E-state index in [1.54, 1.807) is 42.5 Å². The Kier molecular flexibility index (Phi) is 6.09. The summed E-state index contributed by atoms with van der Waals surface area (Å²) in [5.41, 5.74) is 6.44. The first-order valence-corrected chi connectivity index (χ1v) is 10.0. The maximum absolute atomic E-state index is 14.6. The van der Waals surface area contributed by atoms with Crippen LogP contribution in [-0.2, 0) is 4.84 Å². The third-order valence-electron chi connectivity index (χ3n) is 4.49. The number of aliphatic hydroxyl groups is 1. The van der Waals surface area contributed by atoms with E-state index in [0.29, 0.717) is 21.3 Å². The number of carbonyl (C=O) groups is 1. The molecule has 1 atom stereocenters. The molecule has 10 heteroatoms. The highest BCUT2D eigenvalue weighted by molar-refractivity contribution is 6.32. The number of aliphatic hydroxyl groups excluding tert-OH is 1. The van der Waals surface area contributed by atoms with Crippen LogP contribution in [0.15, 0.2) is 76.7 Å². The lowest BCUT2D eigenvalue weighted by Gasteiger charge is -2.24. The highest BCUT2D eigenvalue weighted by Gasteiger charge is 2.30. The standard InChI is InChI=1S/C22H15Cl2FN4O3/c23-12-4-3-5-14(10-12)29(32-22(26)31)20-21(30)28-19(15-6-1-2-7-17(15)25)16-11-13(24)8-9-18(16)27-20/h1-11,21,30H,(H2,26,31). The first kappa shape index (κ1) is 21.8. The van der Waals surface area contributed by atoms with Crippen molar-refractivity contribution in [3.8, 4) is 0 Å². The second-order valence-corrected chi connectivity index (χ2v) is 7.52. The Bertz CT molecular complexity index is 1270. The maximum Gasteiger partial charge on any atom is 0.429 e. The van der Waals surface area contributed by atoms with Crippen LogP contribution >= 0.6 is 23.2 Å². The van der Waals surface area contributed by atoms with Gasteiger partial charge >= 0.3 is 6.09 Å². The number of amidine groups is 1. The van der Waals surface area contributed by atoms with E-state index >= 15 is 0 Å². The Morgan fingerprint density at radius 2 is 1.78 bits per heavy atom. The maximum atomic E-state index is 14.6. The van der Waals surface area contributed by atoms with Gasteiger partial charge in [-0.25, -0.2) is 19.2 Å². The Labute approximate surface area is 192 Å². The summed E-state index contributed by atoms with van der Waals surface area (Å²) < 4.78 is 14.6. The summed E-state index contributed by atoms with van der Waals surface area (Å²) in [7, 11) is 0. The zero-order valence-corrected chi connectivity index (χ0v) is 17.8. The molecule has 1 unspecified atom stereocenters. The largest absolute Gasteiger partial charge is 0.429 e. The lowest BCUT2D eigenvalue weighted by molar-refractivity contribution is 0.154. The molecule has 3 aromatic carbocycles. The molecule has 0 saturated heterocycles. The zero-order chi connectivity index (χ0) is 22.8. The number of rotatable bonds is 2. The van der Waals surface area contributed by atoms with E-state index in [4.69, 9.17) is 33.8 Å². The van der Waals surface area contributed by atoms with Gasteiger partial charge in [-0.1, -0.05) is 41.4 Å². The number of primary amides is 1. The minimum atomic E-state index is -1.66. The third kappa shape index (κ3) is 4.43. The van der Waals surface area contributed by atoms with Crippen molar-refractivity contribution in [3.05, 3.63) is 93.7 Å². The molecule has 0 aromatic heterocycles. The van der Waals surface area contributed by atoms with Gasteiger partial charge in [-0.15, -0.1) is 0 Å². The smallest absolute Gasteiger partial charge is 0.365 e. The Morgan fingerprint density at radius 3 is 2.50 bits per heavy atom. The third-order valence-corrected chi connectivity index (χ3v) is 4.96. The molecule has 4 rings (SSSR count). The average Bonchev–Trinajstić information content (AvgIpc) is 2.89. The van der Waals surface area contributed by atoms with Gasteiger partial charge in [0, 0.05) is 21.2 Å². The quantitative estimate of drug-likeness (QED) is 0.520. The Balaban J connectivity index is 1.93. The molecule has 0 spiro atoms. The molecule has 32 heavy (non-hydrogen) atoms. The van der Waals surface area contributed by atoms with E-state index in [9.17, 15) is 14.3 Å². The molecule has 3 N–H and O–H groups in total. The Hall–Kier alpha value is -3.46. The molecule has 1 aliphatic heterocycles. The average molecular weight is 473 g/mol.